The summed E-state index contributed by atoms with van der Waals surface area (Å²) in [5.41, 5.74) is 0.785. The van der Waals surface area contributed by atoms with E-state index in [9.17, 15) is 4.79 Å². The predicted molar refractivity (Wildman–Crippen MR) is 52.7 cm³/mol. The highest BCUT2D eigenvalue weighted by atomic mass is 16.7. The molecule has 4 heteroatoms. The molecular weight excluding hydrogens is 180 g/mol. The first-order valence-corrected chi connectivity index (χ1v) is 4.63. The summed E-state index contributed by atoms with van der Waals surface area (Å²) in [4.78, 5) is 16.6. The van der Waals surface area contributed by atoms with Gasteiger partial charge in [-0.1, -0.05) is 18.2 Å². The Kier molecular flexibility index (Phi) is 2.65. The van der Waals surface area contributed by atoms with Gasteiger partial charge in [0.1, 0.15) is 0 Å². The van der Waals surface area contributed by atoms with Crippen LogP contribution < -0.4 is 5.32 Å². The van der Waals surface area contributed by atoms with Gasteiger partial charge in [0.05, 0.1) is 13.2 Å². The summed E-state index contributed by atoms with van der Waals surface area (Å²) in [5.74, 6) is 0. The number of amides is 2. The molecule has 1 aliphatic rings. The number of hydrogen-bond donors (Lipinski definition) is 1. The Hall–Kier alpha value is -1.55. The molecule has 0 radical (unpaired) electrons. The molecule has 1 aromatic rings. The van der Waals surface area contributed by atoms with Crippen molar-refractivity contribution in [1.82, 2.24) is 5.06 Å². The number of urea groups is 1. The van der Waals surface area contributed by atoms with Gasteiger partial charge in [0.15, 0.2) is 0 Å². The predicted octanol–water partition coefficient (Wildman–Crippen LogP) is 1.86. The molecule has 1 aliphatic heterocycles. The summed E-state index contributed by atoms with van der Waals surface area (Å²) < 4.78 is 0. The van der Waals surface area contributed by atoms with Gasteiger partial charge in [-0.25, -0.2) is 9.86 Å². The lowest BCUT2D eigenvalue weighted by atomic mass is 10.3. The first-order chi connectivity index (χ1) is 6.86. The molecule has 1 heterocycles. The van der Waals surface area contributed by atoms with Crippen LogP contribution in [0.4, 0.5) is 10.5 Å². The molecule has 0 aromatic heterocycles. The van der Waals surface area contributed by atoms with Crippen molar-refractivity contribution < 1.29 is 9.63 Å². The number of hydroxylamine groups is 2. The summed E-state index contributed by atoms with van der Waals surface area (Å²) in [6.07, 6.45) is 0.905. The summed E-state index contributed by atoms with van der Waals surface area (Å²) in [7, 11) is 0. The maximum absolute atomic E-state index is 11.5. The number of hydrogen-bond acceptors (Lipinski definition) is 2. The Bertz CT molecular complexity index is 307. The summed E-state index contributed by atoms with van der Waals surface area (Å²) in [6, 6.07) is 9.14. The van der Waals surface area contributed by atoms with Gasteiger partial charge in [0, 0.05) is 5.69 Å². The second-order valence-corrected chi connectivity index (χ2v) is 3.09. The van der Waals surface area contributed by atoms with E-state index in [0.29, 0.717) is 13.2 Å². The van der Waals surface area contributed by atoms with E-state index < -0.39 is 0 Å². The minimum absolute atomic E-state index is 0.200. The molecule has 1 N–H and O–H groups in total. The average molecular weight is 192 g/mol. The van der Waals surface area contributed by atoms with Gasteiger partial charge >= 0.3 is 6.03 Å². The monoisotopic (exact) mass is 192 g/mol. The van der Waals surface area contributed by atoms with Crippen LogP contribution in [0.15, 0.2) is 30.3 Å². The standard InChI is InChI=1S/C10H12N2O2/c13-10(12-7-4-8-14-12)11-9-5-2-1-3-6-9/h1-3,5-6H,4,7-8H2,(H,11,13). The van der Waals surface area contributed by atoms with Crippen molar-refractivity contribution >= 4 is 11.7 Å². The van der Waals surface area contributed by atoms with Gasteiger partial charge in [0.2, 0.25) is 0 Å². The van der Waals surface area contributed by atoms with E-state index in [0.717, 1.165) is 12.1 Å². The smallest absolute Gasteiger partial charge is 0.306 e. The third kappa shape index (κ3) is 2.03. The second kappa shape index (κ2) is 4.11. The summed E-state index contributed by atoms with van der Waals surface area (Å²) in [5, 5.41) is 4.10. The van der Waals surface area contributed by atoms with Crippen LogP contribution in [-0.4, -0.2) is 24.2 Å². The number of anilines is 1. The van der Waals surface area contributed by atoms with Crippen LogP contribution in [0.1, 0.15) is 6.42 Å². The molecule has 0 aliphatic carbocycles. The highest BCUT2D eigenvalue weighted by Crippen LogP contribution is 2.09. The lowest BCUT2D eigenvalue weighted by molar-refractivity contribution is -0.0614. The Labute approximate surface area is 82.4 Å². The van der Waals surface area contributed by atoms with E-state index in [4.69, 9.17) is 4.84 Å². The first kappa shape index (κ1) is 9.02. The van der Waals surface area contributed by atoms with E-state index in [-0.39, 0.29) is 6.03 Å². The molecule has 2 rings (SSSR count). The molecule has 0 unspecified atom stereocenters. The van der Waals surface area contributed by atoms with Crippen molar-refractivity contribution in [1.29, 1.82) is 0 Å². The topological polar surface area (TPSA) is 41.6 Å². The minimum atomic E-state index is -0.200. The number of nitrogens with zero attached hydrogens (tertiary/aromatic N) is 1. The Balaban J connectivity index is 1.94. The Morgan fingerprint density at radius 2 is 2.14 bits per heavy atom. The zero-order valence-electron chi connectivity index (χ0n) is 7.77. The SMILES string of the molecule is O=C(Nc1ccccc1)N1CCCO1. The molecule has 4 nitrogen and oxygen atoms in total. The Morgan fingerprint density at radius 3 is 2.79 bits per heavy atom. The third-order valence-corrected chi connectivity index (χ3v) is 2.00. The average Bonchev–Trinajstić information content (AvgIpc) is 2.72. The van der Waals surface area contributed by atoms with Gasteiger partial charge in [-0.2, -0.15) is 0 Å². The van der Waals surface area contributed by atoms with Crippen LogP contribution in [0, 0.1) is 0 Å². The fraction of sp³-hybridized carbons (Fsp3) is 0.300. The molecular formula is C10H12N2O2. The largest absolute Gasteiger partial charge is 0.345 e. The van der Waals surface area contributed by atoms with Crippen LogP contribution >= 0.6 is 0 Å². The van der Waals surface area contributed by atoms with Crippen LogP contribution in [-0.2, 0) is 4.84 Å². The lowest BCUT2D eigenvalue weighted by Gasteiger charge is -2.14. The van der Waals surface area contributed by atoms with Gasteiger partial charge in [-0.3, -0.25) is 4.84 Å². The molecule has 14 heavy (non-hydrogen) atoms. The lowest BCUT2D eigenvalue weighted by Crippen LogP contribution is -2.31. The van der Waals surface area contributed by atoms with Crippen molar-refractivity contribution in [3.8, 4) is 0 Å². The molecule has 2 amide bonds. The van der Waals surface area contributed by atoms with E-state index in [1.165, 1.54) is 5.06 Å². The first-order valence-electron chi connectivity index (χ1n) is 4.63. The van der Waals surface area contributed by atoms with Crippen molar-refractivity contribution in [2.75, 3.05) is 18.5 Å². The molecule has 0 spiro atoms. The van der Waals surface area contributed by atoms with Crippen molar-refractivity contribution in [3.05, 3.63) is 30.3 Å². The maximum Gasteiger partial charge on any atom is 0.345 e. The number of benzene rings is 1. The molecule has 0 atom stereocenters. The highest BCUT2D eigenvalue weighted by Gasteiger charge is 2.18. The van der Waals surface area contributed by atoms with Crippen molar-refractivity contribution in [2.24, 2.45) is 0 Å². The minimum Gasteiger partial charge on any atom is -0.306 e. The number of carbonyl (C=O) groups excluding carboxylic acids is 1. The summed E-state index contributed by atoms with van der Waals surface area (Å²) >= 11 is 0. The maximum atomic E-state index is 11.5. The third-order valence-electron chi connectivity index (χ3n) is 2.00. The number of carbonyl (C=O) groups is 1. The molecule has 0 saturated carbocycles. The fourth-order valence-corrected chi connectivity index (χ4v) is 1.31. The van der Waals surface area contributed by atoms with Crippen LogP contribution in [0.5, 0.6) is 0 Å². The van der Waals surface area contributed by atoms with Gasteiger partial charge in [0.25, 0.3) is 0 Å². The normalized spacial score (nSPS) is 15.6. The van der Waals surface area contributed by atoms with E-state index in [2.05, 4.69) is 5.32 Å². The number of rotatable bonds is 1. The quantitative estimate of drug-likeness (QED) is 0.737. The molecule has 0 bridgehead atoms. The molecule has 1 saturated heterocycles. The van der Waals surface area contributed by atoms with Gasteiger partial charge in [-0.15, -0.1) is 0 Å². The van der Waals surface area contributed by atoms with Crippen LogP contribution in [0.3, 0.4) is 0 Å². The van der Waals surface area contributed by atoms with Crippen LogP contribution in [0.2, 0.25) is 0 Å². The van der Waals surface area contributed by atoms with E-state index in [1.807, 2.05) is 30.3 Å². The van der Waals surface area contributed by atoms with E-state index in [1.54, 1.807) is 0 Å². The molecule has 1 aromatic carbocycles. The van der Waals surface area contributed by atoms with E-state index >= 15 is 0 Å². The summed E-state index contributed by atoms with van der Waals surface area (Å²) in [6.45, 7) is 1.29. The van der Waals surface area contributed by atoms with Crippen molar-refractivity contribution in [2.45, 2.75) is 6.42 Å². The zero-order chi connectivity index (χ0) is 9.80. The molecule has 74 valence electrons. The Morgan fingerprint density at radius 1 is 1.36 bits per heavy atom. The fourth-order valence-electron chi connectivity index (χ4n) is 1.31. The number of nitrogens with one attached hydrogen (secondary N) is 1. The van der Waals surface area contributed by atoms with Gasteiger partial charge < -0.3 is 5.32 Å². The highest BCUT2D eigenvalue weighted by molar-refractivity contribution is 5.88. The van der Waals surface area contributed by atoms with Crippen LogP contribution in [0.25, 0.3) is 0 Å². The van der Waals surface area contributed by atoms with Crippen molar-refractivity contribution in [3.63, 3.8) is 0 Å². The second-order valence-electron chi connectivity index (χ2n) is 3.09. The number of para-hydroxylation sites is 1. The molecule has 1 fully saturated rings. The van der Waals surface area contributed by atoms with Gasteiger partial charge in [-0.05, 0) is 18.6 Å². The zero-order valence-corrected chi connectivity index (χ0v) is 7.77.